The number of nitrogens with zero attached hydrogens (tertiary/aromatic N) is 2. The highest BCUT2D eigenvalue weighted by Crippen LogP contribution is 2.23. The van der Waals surface area contributed by atoms with Gasteiger partial charge in [0.1, 0.15) is 5.75 Å². The third kappa shape index (κ3) is 3.11. The van der Waals surface area contributed by atoms with Crippen LogP contribution in [0.4, 0.5) is 0 Å². The highest BCUT2D eigenvalue weighted by molar-refractivity contribution is 5.85. The van der Waals surface area contributed by atoms with E-state index in [0.29, 0.717) is 0 Å². The van der Waals surface area contributed by atoms with Gasteiger partial charge in [-0.3, -0.25) is 0 Å². The van der Waals surface area contributed by atoms with Crippen LogP contribution in [-0.2, 0) is 6.42 Å². The van der Waals surface area contributed by atoms with Gasteiger partial charge in [-0.15, -0.1) is 12.4 Å². The maximum atomic E-state index is 5.26. The Balaban J connectivity index is 0.00000144. The number of hydrogen-bond acceptors (Lipinski definition) is 4. The minimum absolute atomic E-state index is 0. The van der Waals surface area contributed by atoms with E-state index in [0.717, 1.165) is 35.4 Å². The van der Waals surface area contributed by atoms with E-state index >= 15 is 0 Å². The fourth-order valence-corrected chi connectivity index (χ4v) is 1.60. The molecule has 0 spiro atoms. The summed E-state index contributed by atoms with van der Waals surface area (Å²) in [4.78, 5) is 2.13. The largest absolute Gasteiger partial charge is 0.497 e. The van der Waals surface area contributed by atoms with Crippen molar-refractivity contribution in [3.8, 4) is 5.75 Å². The molecule has 17 heavy (non-hydrogen) atoms. The second-order valence-electron chi connectivity index (χ2n) is 4.04. The fraction of sp³-hybridized carbons (Fsp3) is 0.417. The highest BCUT2D eigenvalue weighted by Gasteiger charge is 2.09. The second-order valence-corrected chi connectivity index (χ2v) is 4.04. The SMILES string of the molecule is COc1ccc2onc(CCN(C)C)c2c1.Cl. The molecular weight excluding hydrogens is 240 g/mol. The molecule has 0 radical (unpaired) electrons. The molecule has 0 N–H and O–H groups in total. The van der Waals surface area contributed by atoms with E-state index in [9.17, 15) is 0 Å². The van der Waals surface area contributed by atoms with E-state index in [4.69, 9.17) is 9.26 Å². The summed E-state index contributed by atoms with van der Waals surface area (Å²) < 4.78 is 10.4. The van der Waals surface area contributed by atoms with E-state index < -0.39 is 0 Å². The van der Waals surface area contributed by atoms with E-state index in [-0.39, 0.29) is 12.4 Å². The molecule has 0 aliphatic rings. The topological polar surface area (TPSA) is 38.5 Å². The number of halogens is 1. The Morgan fingerprint density at radius 3 is 2.76 bits per heavy atom. The molecule has 0 aliphatic carbocycles. The zero-order chi connectivity index (χ0) is 11.5. The Labute approximate surface area is 107 Å². The quantitative estimate of drug-likeness (QED) is 0.842. The van der Waals surface area contributed by atoms with Crippen molar-refractivity contribution in [1.29, 1.82) is 0 Å². The standard InChI is InChI=1S/C12H16N2O2.ClH/c1-14(2)7-6-11-10-8-9(15-3)4-5-12(10)16-13-11;/h4-5,8H,6-7H2,1-3H3;1H. The van der Waals surface area contributed by atoms with Gasteiger partial charge in [0.2, 0.25) is 0 Å². The normalized spacial score (nSPS) is 10.6. The molecule has 0 unspecified atom stereocenters. The lowest BCUT2D eigenvalue weighted by molar-refractivity contribution is 0.398. The smallest absolute Gasteiger partial charge is 0.167 e. The molecule has 2 aromatic rings. The number of methoxy groups -OCH3 is 1. The Morgan fingerprint density at radius 1 is 1.35 bits per heavy atom. The van der Waals surface area contributed by atoms with Gasteiger partial charge in [-0.2, -0.15) is 0 Å². The maximum absolute atomic E-state index is 5.26. The summed E-state index contributed by atoms with van der Waals surface area (Å²) in [5, 5.41) is 5.13. The molecule has 94 valence electrons. The molecular formula is C12H17ClN2O2. The van der Waals surface area contributed by atoms with Crippen molar-refractivity contribution < 1.29 is 9.26 Å². The van der Waals surface area contributed by atoms with Crippen molar-refractivity contribution in [2.45, 2.75) is 6.42 Å². The van der Waals surface area contributed by atoms with Crippen molar-refractivity contribution in [3.63, 3.8) is 0 Å². The van der Waals surface area contributed by atoms with Gasteiger partial charge in [0.25, 0.3) is 0 Å². The molecule has 1 heterocycles. The van der Waals surface area contributed by atoms with Gasteiger partial charge in [-0.05, 0) is 32.3 Å². The molecule has 1 aromatic carbocycles. The van der Waals surface area contributed by atoms with Crippen LogP contribution in [0.25, 0.3) is 11.0 Å². The van der Waals surface area contributed by atoms with Crippen LogP contribution >= 0.6 is 12.4 Å². The Hall–Kier alpha value is -1.26. The number of likely N-dealkylation sites (N-methyl/N-ethyl adjacent to an activating group) is 1. The summed E-state index contributed by atoms with van der Waals surface area (Å²) in [5.74, 6) is 0.835. The van der Waals surface area contributed by atoms with Crippen LogP contribution < -0.4 is 4.74 Å². The zero-order valence-corrected chi connectivity index (χ0v) is 11.1. The highest BCUT2D eigenvalue weighted by atomic mass is 35.5. The first-order valence-electron chi connectivity index (χ1n) is 5.27. The predicted molar refractivity (Wildman–Crippen MR) is 70.1 cm³/mol. The Bertz CT molecular complexity index is 482. The number of hydrogen-bond donors (Lipinski definition) is 0. The first-order chi connectivity index (χ1) is 7.70. The van der Waals surface area contributed by atoms with Crippen LogP contribution in [0.2, 0.25) is 0 Å². The van der Waals surface area contributed by atoms with Crippen LogP contribution in [-0.4, -0.2) is 37.8 Å². The minimum atomic E-state index is 0. The third-order valence-corrected chi connectivity index (χ3v) is 2.55. The van der Waals surface area contributed by atoms with Crippen molar-refractivity contribution in [3.05, 3.63) is 23.9 Å². The lowest BCUT2D eigenvalue weighted by atomic mass is 10.1. The van der Waals surface area contributed by atoms with Gasteiger partial charge < -0.3 is 14.2 Å². The fourth-order valence-electron chi connectivity index (χ4n) is 1.60. The summed E-state index contributed by atoms with van der Waals surface area (Å²) in [6, 6.07) is 5.74. The van der Waals surface area contributed by atoms with Gasteiger partial charge in [0.05, 0.1) is 12.8 Å². The molecule has 4 nitrogen and oxygen atoms in total. The van der Waals surface area contributed by atoms with E-state index in [1.165, 1.54) is 0 Å². The summed E-state index contributed by atoms with van der Waals surface area (Å²) in [6.07, 6.45) is 0.882. The van der Waals surface area contributed by atoms with Crippen molar-refractivity contribution in [1.82, 2.24) is 10.1 Å². The first kappa shape index (κ1) is 13.8. The molecule has 0 atom stereocenters. The molecule has 0 amide bonds. The lowest BCUT2D eigenvalue weighted by Crippen LogP contribution is -2.15. The Kier molecular flexibility index (Phi) is 4.78. The van der Waals surface area contributed by atoms with Crippen LogP contribution in [0.3, 0.4) is 0 Å². The third-order valence-electron chi connectivity index (χ3n) is 2.55. The number of rotatable bonds is 4. The van der Waals surface area contributed by atoms with E-state index in [1.807, 2.05) is 32.3 Å². The molecule has 0 bridgehead atoms. The monoisotopic (exact) mass is 256 g/mol. The molecule has 2 rings (SSSR count). The number of ether oxygens (including phenoxy) is 1. The van der Waals surface area contributed by atoms with Crippen LogP contribution in [0.15, 0.2) is 22.7 Å². The molecule has 0 fully saturated rings. The Morgan fingerprint density at radius 2 is 2.12 bits per heavy atom. The zero-order valence-electron chi connectivity index (χ0n) is 10.3. The van der Waals surface area contributed by atoms with Gasteiger partial charge in [0.15, 0.2) is 5.58 Å². The van der Waals surface area contributed by atoms with Gasteiger partial charge >= 0.3 is 0 Å². The van der Waals surface area contributed by atoms with Crippen molar-refractivity contribution in [2.75, 3.05) is 27.7 Å². The summed E-state index contributed by atoms with van der Waals surface area (Å²) in [5.41, 5.74) is 1.80. The molecule has 5 heteroatoms. The van der Waals surface area contributed by atoms with Crippen LogP contribution in [0.5, 0.6) is 5.75 Å². The number of fused-ring (bicyclic) bond motifs is 1. The summed E-state index contributed by atoms with van der Waals surface area (Å²) in [7, 11) is 5.75. The minimum Gasteiger partial charge on any atom is -0.497 e. The van der Waals surface area contributed by atoms with E-state index in [2.05, 4.69) is 10.1 Å². The molecule has 1 aromatic heterocycles. The summed E-state index contributed by atoms with van der Waals surface area (Å²) >= 11 is 0. The average Bonchev–Trinajstić information content (AvgIpc) is 2.68. The molecule has 0 saturated heterocycles. The van der Waals surface area contributed by atoms with Crippen molar-refractivity contribution in [2.24, 2.45) is 0 Å². The van der Waals surface area contributed by atoms with E-state index in [1.54, 1.807) is 7.11 Å². The van der Waals surface area contributed by atoms with Crippen LogP contribution in [0.1, 0.15) is 5.69 Å². The van der Waals surface area contributed by atoms with Gasteiger partial charge in [-0.1, -0.05) is 5.16 Å². The predicted octanol–water partition coefficient (Wildman–Crippen LogP) is 2.36. The average molecular weight is 257 g/mol. The lowest BCUT2D eigenvalue weighted by Gasteiger charge is -2.06. The molecule has 0 aliphatic heterocycles. The number of aromatic nitrogens is 1. The molecule has 0 saturated carbocycles. The maximum Gasteiger partial charge on any atom is 0.167 e. The first-order valence-corrected chi connectivity index (χ1v) is 5.27. The van der Waals surface area contributed by atoms with Gasteiger partial charge in [-0.25, -0.2) is 0 Å². The van der Waals surface area contributed by atoms with Crippen molar-refractivity contribution >= 4 is 23.4 Å². The number of benzene rings is 1. The second kappa shape index (κ2) is 5.89. The summed E-state index contributed by atoms with van der Waals surface area (Å²) in [6.45, 7) is 0.957. The van der Waals surface area contributed by atoms with Gasteiger partial charge in [0, 0.05) is 18.4 Å². The van der Waals surface area contributed by atoms with Crippen LogP contribution in [0, 0.1) is 0 Å².